The van der Waals surface area contributed by atoms with Crippen molar-refractivity contribution in [3.63, 3.8) is 0 Å². The first-order valence-electron chi connectivity index (χ1n) is 4.59. The summed E-state index contributed by atoms with van der Waals surface area (Å²) >= 11 is 0. The molecule has 0 aliphatic rings. The monoisotopic (exact) mass is 374 g/mol. The van der Waals surface area contributed by atoms with Crippen molar-refractivity contribution in [1.29, 1.82) is 0 Å². The number of benzene rings is 1. The number of aryl methyl sites for hydroxylation is 2. The van der Waals surface area contributed by atoms with E-state index in [2.05, 4.69) is 24.3 Å². The maximum atomic E-state index is 4.05. The van der Waals surface area contributed by atoms with Gasteiger partial charge >= 0.3 is 21.1 Å². The molecule has 0 saturated heterocycles. The summed E-state index contributed by atoms with van der Waals surface area (Å²) in [5.74, 6) is 0. The Labute approximate surface area is 107 Å². The van der Waals surface area contributed by atoms with Gasteiger partial charge in [-0.3, -0.25) is 5.10 Å². The fourth-order valence-electron chi connectivity index (χ4n) is 1.36. The van der Waals surface area contributed by atoms with Gasteiger partial charge in [0.2, 0.25) is 0 Å². The minimum absolute atomic E-state index is 0. The molecule has 0 N–H and O–H groups in total. The van der Waals surface area contributed by atoms with Crippen LogP contribution in [-0.4, -0.2) is 9.78 Å². The van der Waals surface area contributed by atoms with Crippen molar-refractivity contribution in [3.05, 3.63) is 37.4 Å². The molecule has 2 rings (SSSR count). The summed E-state index contributed by atoms with van der Waals surface area (Å²) in [4.78, 5) is 0. The van der Waals surface area contributed by atoms with Crippen LogP contribution in [0.15, 0.2) is 18.2 Å². The van der Waals surface area contributed by atoms with Crippen LogP contribution < -0.4 is 0 Å². The Hall–Kier alpha value is -0.622. The number of rotatable bonds is 0. The summed E-state index contributed by atoms with van der Waals surface area (Å²) in [6.45, 7) is 6.08. The van der Waals surface area contributed by atoms with Crippen molar-refractivity contribution < 1.29 is 21.1 Å². The molecule has 0 radical (unpaired) electrons. The van der Waals surface area contributed by atoms with E-state index in [0.717, 1.165) is 5.39 Å². The molecular weight excluding hydrogens is 356 g/mol. The van der Waals surface area contributed by atoms with E-state index in [0.29, 0.717) is 0 Å². The molecular formula is C12H18N2W. The number of para-hydroxylation sites is 1. The topological polar surface area (TPSA) is 17.8 Å². The molecule has 1 aromatic carbocycles. The van der Waals surface area contributed by atoms with Crippen LogP contribution in [-0.2, 0) is 28.1 Å². The van der Waals surface area contributed by atoms with Gasteiger partial charge in [0.25, 0.3) is 0 Å². The zero-order valence-corrected chi connectivity index (χ0v) is 13.0. The summed E-state index contributed by atoms with van der Waals surface area (Å²) < 4.78 is 1.85. The molecule has 1 heterocycles. The van der Waals surface area contributed by atoms with E-state index in [1.807, 2.05) is 37.7 Å². The van der Waals surface area contributed by atoms with Crippen LogP contribution in [0.2, 0.25) is 0 Å². The Morgan fingerprint density at radius 1 is 1.27 bits per heavy atom. The number of nitrogens with zero attached hydrogens (tertiary/aromatic N) is 2. The molecule has 0 fully saturated rings. The number of hydrogen-bond acceptors (Lipinski definition) is 1. The number of fused-ring (bicyclic) bond motifs is 1. The van der Waals surface area contributed by atoms with Gasteiger partial charge in [-0.15, -0.1) is 11.5 Å². The molecule has 2 nitrogen and oxygen atoms in total. The summed E-state index contributed by atoms with van der Waals surface area (Å²) in [5.41, 5.74) is 2.42. The molecule has 0 atom stereocenters. The van der Waals surface area contributed by atoms with Crippen molar-refractivity contribution in [2.45, 2.75) is 20.8 Å². The van der Waals surface area contributed by atoms with E-state index >= 15 is 0 Å². The second-order valence-corrected chi connectivity index (χ2v) is 2.71. The van der Waals surface area contributed by atoms with Crippen molar-refractivity contribution >= 4 is 10.9 Å². The van der Waals surface area contributed by atoms with Crippen molar-refractivity contribution in [3.8, 4) is 0 Å². The predicted octanol–water partition coefficient (Wildman–Crippen LogP) is 3.16. The Balaban J connectivity index is 0. The quantitative estimate of drug-likeness (QED) is 0.648. The van der Waals surface area contributed by atoms with Crippen LogP contribution in [0.4, 0.5) is 0 Å². The van der Waals surface area contributed by atoms with E-state index in [1.54, 1.807) is 0 Å². The predicted molar refractivity (Wildman–Crippen MR) is 62.0 cm³/mol. The molecule has 0 bridgehead atoms. The average Bonchev–Trinajstić information content (AvgIpc) is 2.53. The maximum absolute atomic E-state index is 4.05. The minimum atomic E-state index is 0. The van der Waals surface area contributed by atoms with E-state index in [1.165, 1.54) is 11.1 Å². The smallest absolute Gasteiger partial charge is 0.358 e. The average molecular weight is 374 g/mol. The SMILES string of the molecule is CC.Cc1cccc2[c-]nn(C)c12.[CH3-].[W+2]. The Kier molecular flexibility index (Phi) is 8.56. The molecule has 0 amide bonds. The zero-order valence-electron chi connectivity index (χ0n) is 10.0. The second-order valence-electron chi connectivity index (χ2n) is 2.71. The zero-order chi connectivity index (χ0) is 9.84. The third-order valence-corrected chi connectivity index (χ3v) is 1.88. The van der Waals surface area contributed by atoms with Gasteiger partial charge in [-0.1, -0.05) is 25.5 Å². The summed E-state index contributed by atoms with van der Waals surface area (Å²) in [5, 5.41) is 5.14. The molecule has 3 heteroatoms. The molecule has 0 unspecified atom stereocenters. The molecule has 82 valence electrons. The van der Waals surface area contributed by atoms with Crippen LogP contribution in [0.1, 0.15) is 19.4 Å². The standard InChI is InChI=1S/C9H9N2.C2H6.CH3.W/c1-7-4-3-5-8-6-10-11(2)9(7)8;1-2;;/h3-5H,1-2H3;1-2H3;1H3;/q-1;;-1;+2. The Morgan fingerprint density at radius 3 is 2.40 bits per heavy atom. The van der Waals surface area contributed by atoms with E-state index in [-0.39, 0.29) is 28.5 Å². The molecule has 15 heavy (non-hydrogen) atoms. The van der Waals surface area contributed by atoms with Crippen LogP contribution in [0.3, 0.4) is 0 Å². The third-order valence-electron chi connectivity index (χ3n) is 1.88. The first kappa shape index (κ1) is 16.8. The Bertz CT molecular complexity index is 393. The van der Waals surface area contributed by atoms with Crippen molar-refractivity contribution in [2.24, 2.45) is 7.05 Å². The van der Waals surface area contributed by atoms with Gasteiger partial charge in [-0.2, -0.15) is 6.07 Å². The number of hydrogen-bond donors (Lipinski definition) is 0. The molecule has 2 aromatic rings. The summed E-state index contributed by atoms with van der Waals surface area (Å²) in [6, 6.07) is 6.13. The molecule has 0 saturated carbocycles. The Morgan fingerprint density at radius 2 is 1.87 bits per heavy atom. The van der Waals surface area contributed by atoms with Gasteiger partial charge in [-0.25, -0.2) is 0 Å². The third kappa shape index (κ3) is 3.46. The molecule has 1 aromatic heterocycles. The fourth-order valence-corrected chi connectivity index (χ4v) is 1.36. The summed E-state index contributed by atoms with van der Waals surface area (Å²) in [6.07, 6.45) is 2.94. The maximum Gasteiger partial charge on any atom is 2.00 e. The van der Waals surface area contributed by atoms with E-state index < -0.39 is 0 Å². The van der Waals surface area contributed by atoms with E-state index in [9.17, 15) is 0 Å². The van der Waals surface area contributed by atoms with Crippen LogP contribution in [0.25, 0.3) is 10.9 Å². The summed E-state index contributed by atoms with van der Waals surface area (Å²) in [7, 11) is 1.94. The van der Waals surface area contributed by atoms with Crippen LogP contribution in [0.5, 0.6) is 0 Å². The molecule has 0 aliphatic carbocycles. The van der Waals surface area contributed by atoms with Crippen LogP contribution >= 0.6 is 0 Å². The minimum Gasteiger partial charge on any atom is -0.358 e. The van der Waals surface area contributed by atoms with Crippen molar-refractivity contribution in [2.75, 3.05) is 0 Å². The van der Waals surface area contributed by atoms with E-state index in [4.69, 9.17) is 0 Å². The molecule has 0 spiro atoms. The van der Waals surface area contributed by atoms with Crippen LogP contribution in [0, 0.1) is 20.5 Å². The number of aromatic nitrogens is 2. The van der Waals surface area contributed by atoms with Gasteiger partial charge in [0.05, 0.1) is 0 Å². The first-order chi connectivity index (χ1) is 6.29. The van der Waals surface area contributed by atoms with Gasteiger partial charge in [0, 0.05) is 7.05 Å². The van der Waals surface area contributed by atoms with Gasteiger partial charge < -0.3 is 12.1 Å². The second kappa shape index (κ2) is 7.64. The van der Waals surface area contributed by atoms with Gasteiger partial charge in [-0.05, 0) is 18.6 Å². The normalized spacial score (nSPS) is 8.27. The van der Waals surface area contributed by atoms with Gasteiger partial charge in [0.1, 0.15) is 0 Å². The van der Waals surface area contributed by atoms with Crippen molar-refractivity contribution in [1.82, 2.24) is 9.78 Å². The van der Waals surface area contributed by atoms with Gasteiger partial charge in [0.15, 0.2) is 0 Å². The first-order valence-corrected chi connectivity index (χ1v) is 4.59. The molecule has 0 aliphatic heterocycles. The fraction of sp³-hybridized carbons (Fsp3) is 0.333. The largest absolute Gasteiger partial charge is 2.00 e.